The molecule has 20 heavy (non-hydrogen) atoms. The molecule has 102 valence electrons. The topological polar surface area (TPSA) is 42.2 Å². The Kier molecular flexibility index (Phi) is 4.02. The van der Waals surface area contributed by atoms with Gasteiger partial charge in [-0.2, -0.15) is 0 Å². The molecular weight excluding hydrogens is 297 g/mol. The Morgan fingerprint density at radius 2 is 1.60 bits per heavy atom. The number of benzene rings is 2. The van der Waals surface area contributed by atoms with Gasteiger partial charge in [-0.05, 0) is 18.2 Å². The molecule has 0 saturated carbocycles. The van der Waals surface area contributed by atoms with Crippen molar-refractivity contribution in [3.8, 4) is 5.69 Å². The lowest BCUT2D eigenvalue weighted by Gasteiger charge is -2.06. The molecule has 1 heterocycles. The van der Waals surface area contributed by atoms with Gasteiger partial charge >= 0.3 is 5.97 Å². The minimum atomic E-state index is -1.02. The normalized spacial score (nSPS) is 10.2. The number of carboxylic acid groups (broad SMARTS) is 1. The Morgan fingerprint density at radius 3 is 2.25 bits per heavy atom. The van der Waals surface area contributed by atoms with Crippen molar-refractivity contribution < 1.29 is 9.90 Å². The maximum absolute atomic E-state index is 11.4. The number of fused-ring (bicyclic) bond motifs is 1. The summed E-state index contributed by atoms with van der Waals surface area (Å²) >= 11 is 6.26. The molecule has 2 aromatic carbocycles. The summed E-state index contributed by atoms with van der Waals surface area (Å²) in [5.41, 5.74) is 1.77. The zero-order valence-corrected chi connectivity index (χ0v) is 11.9. The van der Waals surface area contributed by atoms with Gasteiger partial charge in [0.15, 0.2) is 0 Å². The number of rotatable bonds is 2. The Labute approximate surface area is 126 Å². The van der Waals surface area contributed by atoms with Crippen LogP contribution < -0.4 is 0 Å². The van der Waals surface area contributed by atoms with Crippen LogP contribution in [-0.2, 0) is 0 Å². The van der Waals surface area contributed by atoms with E-state index in [2.05, 4.69) is 0 Å². The van der Waals surface area contributed by atoms with Crippen molar-refractivity contribution in [3.63, 3.8) is 0 Å². The minimum Gasteiger partial charge on any atom is -0.478 e. The lowest BCUT2D eigenvalue weighted by molar-refractivity contribution is 0.0699. The van der Waals surface area contributed by atoms with Crippen LogP contribution in [0.4, 0.5) is 0 Å². The molecule has 1 N–H and O–H groups in total. The predicted molar refractivity (Wildman–Crippen MR) is 82.5 cm³/mol. The van der Waals surface area contributed by atoms with Crippen molar-refractivity contribution in [2.75, 3.05) is 0 Å². The maximum atomic E-state index is 11.4. The first-order chi connectivity index (χ1) is 9.20. The molecule has 0 fully saturated rings. The highest BCUT2D eigenvalue weighted by atomic mass is 35.5. The van der Waals surface area contributed by atoms with Gasteiger partial charge in [0.05, 0.1) is 5.52 Å². The molecule has 3 nitrogen and oxygen atoms in total. The van der Waals surface area contributed by atoms with Gasteiger partial charge in [-0.15, -0.1) is 12.4 Å². The van der Waals surface area contributed by atoms with Gasteiger partial charge in [0.2, 0.25) is 0 Å². The molecular formula is C15H11Cl2NO2. The molecule has 0 amide bonds. The second kappa shape index (κ2) is 5.57. The maximum Gasteiger partial charge on any atom is 0.339 e. The number of hydrogen-bond donors (Lipinski definition) is 1. The van der Waals surface area contributed by atoms with Gasteiger partial charge in [-0.1, -0.05) is 48.0 Å². The first-order valence-corrected chi connectivity index (χ1v) is 6.15. The lowest BCUT2D eigenvalue weighted by Crippen LogP contribution is -1.98. The van der Waals surface area contributed by atoms with Crippen LogP contribution in [0, 0.1) is 0 Å². The van der Waals surface area contributed by atoms with E-state index in [1.165, 1.54) is 0 Å². The van der Waals surface area contributed by atoms with Crippen molar-refractivity contribution in [2.24, 2.45) is 0 Å². The molecule has 3 aromatic rings. The molecule has 0 aliphatic rings. The summed E-state index contributed by atoms with van der Waals surface area (Å²) in [6.07, 6.45) is 0. The number of aromatic carboxylic acids is 1. The highest BCUT2D eigenvalue weighted by Gasteiger charge is 2.21. The summed E-state index contributed by atoms with van der Waals surface area (Å²) in [5, 5.41) is 10.2. The van der Waals surface area contributed by atoms with Gasteiger partial charge in [0.1, 0.15) is 10.7 Å². The van der Waals surface area contributed by atoms with Gasteiger partial charge < -0.3 is 5.11 Å². The second-order valence-corrected chi connectivity index (χ2v) is 4.52. The van der Waals surface area contributed by atoms with E-state index in [0.717, 1.165) is 11.2 Å². The van der Waals surface area contributed by atoms with Crippen molar-refractivity contribution in [2.45, 2.75) is 0 Å². The molecule has 5 heteroatoms. The van der Waals surface area contributed by atoms with E-state index in [4.69, 9.17) is 11.6 Å². The molecule has 0 aliphatic carbocycles. The Morgan fingerprint density at radius 1 is 1.00 bits per heavy atom. The van der Waals surface area contributed by atoms with Gasteiger partial charge in [0.25, 0.3) is 0 Å². The summed E-state index contributed by atoms with van der Waals surface area (Å²) in [4.78, 5) is 11.4. The highest BCUT2D eigenvalue weighted by Crippen LogP contribution is 2.32. The average Bonchev–Trinajstić information content (AvgIpc) is 2.71. The van der Waals surface area contributed by atoms with Crippen molar-refractivity contribution in [1.29, 1.82) is 0 Å². The largest absolute Gasteiger partial charge is 0.478 e. The van der Waals surface area contributed by atoms with E-state index in [9.17, 15) is 9.90 Å². The molecule has 0 spiro atoms. The summed E-state index contributed by atoms with van der Waals surface area (Å²) in [6, 6.07) is 16.8. The zero-order valence-electron chi connectivity index (χ0n) is 10.3. The van der Waals surface area contributed by atoms with E-state index < -0.39 is 5.97 Å². The monoisotopic (exact) mass is 307 g/mol. The molecule has 0 atom stereocenters. The van der Waals surface area contributed by atoms with Crippen LogP contribution in [0.1, 0.15) is 10.4 Å². The van der Waals surface area contributed by atoms with Crippen molar-refractivity contribution >= 4 is 40.9 Å². The van der Waals surface area contributed by atoms with E-state index in [1.54, 1.807) is 16.7 Å². The molecule has 0 bridgehead atoms. The van der Waals surface area contributed by atoms with Crippen LogP contribution in [0.5, 0.6) is 0 Å². The zero-order chi connectivity index (χ0) is 13.4. The molecule has 0 saturated heterocycles. The van der Waals surface area contributed by atoms with Crippen molar-refractivity contribution in [3.05, 3.63) is 65.3 Å². The minimum absolute atomic E-state index is 0. The molecule has 0 unspecified atom stereocenters. The quantitative estimate of drug-likeness (QED) is 0.762. The highest BCUT2D eigenvalue weighted by molar-refractivity contribution is 6.35. The van der Waals surface area contributed by atoms with E-state index in [0.29, 0.717) is 5.39 Å². The standard InChI is InChI=1S/C15H10ClNO2.ClH/c16-14-13(15(18)19)11-8-4-5-9-12(11)17(14)10-6-2-1-3-7-10;/h1-9H,(H,18,19);1H. The summed E-state index contributed by atoms with van der Waals surface area (Å²) in [7, 11) is 0. The fourth-order valence-corrected chi connectivity index (χ4v) is 2.61. The Bertz CT molecular complexity index is 766. The van der Waals surface area contributed by atoms with Crippen LogP contribution in [0.2, 0.25) is 5.15 Å². The third kappa shape index (κ3) is 2.15. The number of carboxylic acids is 1. The van der Waals surface area contributed by atoms with Crippen LogP contribution in [-0.4, -0.2) is 15.6 Å². The van der Waals surface area contributed by atoms with Gasteiger partial charge in [0, 0.05) is 11.1 Å². The van der Waals surface area contributed by atoms with Crippen LogP contribution in [0.25, 0.3) is 16.6 Å². The number of nitrogens with zero attached hydrogens (tertiary/aromatic N) is 1. The fourth-order valence-electron chi connectivity index (χ4n) is 2.24. The van der Waals surface area contributed by atoms with E-state index >= 15 is 0 Å². The third-order valence-corrected chi connectivity index (χ3v) is 3.40. The molecule has 3 rings (SSSR count). The molecule has 1 aromatic heterocycles. The van der Waals surface area contributed by atoms with Crippen molar-refractivity contribution in [1.82, 2.24) is 4.57 Å². The van der Waals surface area contributed by atoms with Crippen LogP contribution >= 0.6 is 24.0 Å². The summed E-state index contributed by atoms with van der Waals surface area (Å²) in [6.45, 7) is 0. The molecule has 0 radical (unpaired) electrons. The number of hydrogen-bond acceptors (Lipinski definition) is 1. The second-order valence-electron chi connectivity index (χ2n) is 4.16. The first kappa shape index (κ1) is 14.4. The average molecular weight is 308 g/mol. The number of aromatic nitrogens is 1. The van der Waals surface area contributed by atoms with Crippen LogP contribution in [0.15, 0.2) is 54.6 Å². The van der Waals surface area contributed by atoms with E-state index in [1.807, 2.05) is 42.5 Å². The number of para-hydroxylation sites is 2. The Hall–Kier alpha value is -1.97. The first-order valence-electron chi connectivity index (χ1n) is 5.78. The summed E-state index contributed by atoms with van der Waals surface area (Å²) < 4.78 is 1.75. The Balaban J connectivity index is 0.00000147. The third-order valence-electron chi connectivity index (χ3n) is 3.05. The number of carbonyl (C=O) groups is 1. The lowest BCUT2D eigenvalue weighted by atomic mass is 10.2. The number of halogens is 2. The van der Waals surface area contributed by atoms with Gasteiger partial charge in [-0.25, -0.2) is 4.79 Å². The van der Waals surface area contributed by atoms with Crippen LogP contribution in [0.3, 0.4) is 0 Å². The fraction of sp³-hybridized carbons (Fsp3) is 0. The van der Waals surface area contributed by atoms with E-state index in [-0.39, 0.29) is 23.1 Å². The summed E-state index contributed by atoms with van der Waals surface area (Å²) in [5.74, 6) is -1.02. The smallest absolute Gasteiger partial charge is 0.339 e. The molecule has 0 aliphatic heterocycles. The SMILES string of the molecule is Cl.O=C(O)c1c(Cl)n(-c2ccccc2)c2ccccc12. The predicted octanol–water partition coefficient (Wildman–Crippen LogP) is 4.40. The van der Waals surface area contributed by atoms with Gasteiger partial charge in [-0.3, -0.25) is 4.57 Å².